The smallest absolute Gasteiger partial charge is 0.127 e. The van der Waals surface area contributed by atoms with Crippen molar-refractivity contribution in [1.82, 2.24) is 5.32 Å². The molecule has 0 heterocycles. The summed E-state index contributed by atoms with van der Waals surface area (Å²) in [6.07, 6.45) is 0. The van der Waals surface area contributed by atoms with E-state index in [0.29, 0.717) is 12.1 Å². The quantitative estimate of drug-likeness (QED) is 0.858. The first-order valence-electron chi connectivity index (χ1n) is 6.30. The number of hydrogen-bond acceptors (Lipinski definition) is 1. The lowest BCUT2D eigenvalue weighted by molar-refractivity contribution is 0.544. The van der Waals surface area contributed by atoms with Crippen LogP contribution in [0.15, 0.2) is 42.5 Å². The van der Waals surface area contributed by atoms with Gasteiger partial charge in [0.25, 0.3) is 0 Å². The van der Waals surface area contributed by atoms with Crippen molar-refractivity contribution in [1.29, 1.82) is 0 Å². The molecule has 0 radical (unpaired) electrons. The molecule has 0 unspecified atom stereocenters. The summed E-state index contributed by atoms with van der Waals surface area (Å²) < 4.78 is 13.6. The van der Waals surface area contributed by atoms with Crippen LogP contribution in [0.4, 0.5) is 4.39 Å². The Morgan fingerprint density at radius 2 is 1.84 bits per heavy atom. The molecular weight excluding hydrogens is 261 g/mol. The molecule has 2 aromatic rings. The fourth-order valence-corrected chi connectivity index (χ4v) is 2.10. The first-order valence-corrected chi connectivity index (χ1v) is 6.68. The van der Waals surface area contributed by atoms with E-state index in [4.69, 9.17) is 11.6 Å². The van der Waals surface area contributed by atoms with Gasteiger partial charge in [-0.15, -0.1) is 0 Å². The monoisotopic (exact) mass is 277 g/mol. The predicted octanol–water partition coefficient (Wildman–Crippen LogP) is 4.64. The predicted molar refractivity (Wildman–Crippen MR) is 77.8 cm³/mol. The van der Waals surface area contributed by atoms with Crippen molar-refractivity contribution in [2.24, 2.45) is 0 Å². The molecule has 0 fully saturated rings. The largest absolute Gasteiger partial charge is 0.306 e. The van der Waals surface area contributed by atoms with Crippen molar-refractivity contribution in [2.45, 2.75) is 26.4 Å². The highest BCUT2D eigenvalue weighted by Gasteiger charge is 2.07. The van der Waals surface area contributed by atoms with E-state index >= 15 is 0 Å². The van der Waals surface area contributed by atoms with Gasteiger partial charge in [0.15, 0.2) is 0 Å². The van der Waals surface area contributed by atoms with E-state index in [1.165, 1.54) is 6.07 Å². The van der Waals surface area contributed by atoms with Crippen molar-refractivity contribution >= 4 is 11.6 Å². The maximum atomic E-state index is 13.6. The Labute approximate surface area is 118 Å². The van der Waals surface area contributed by atoms with Crippen molar-refractivity contribution in [3.8, 4) is 0 Å². The highest BCUT2D eigenvalue weighted by Crippen LogP contribution is 2.17. The molecular formula is C16H17ClFN. The van der Waals surface area contributed by atoms with E-state index in [1.54, 1.807) is 6.07 Å². The molecule has 0 aromatic heterocycles. The van der Waals surface area contributed by atoms with E-state index in [0.717, 1.165) is 16.1 Å². The Morgan fingerprint density at radius 1 is 1.16 bits per heavy atom. The van der Waals surface area contributed by atoms with Crippen LogP contribution in [0.3, 0.4) is 0 Å². The molecule has 3 heteroatoms. The minimum atomic E-state index is -0.165. The standard InChI is InChI=1S/C16H17ClFN/c1-11-3-8-16(18)14(9-11)10-19-12(2)13-4-6-15(17)7-5-13/h3-9,12,19H,10H2,1-2H3/t12-/m1/s1. The van der Waals surface area contributed by atoms with Gasteiger partial charge in [0.1, 0.15) is 5.82 Å². The zero-order chi connectivity index (χ0) is 13.8. The lowest BCUT2D eigenvalue weighted by Gasteiger charge is -2.15. The van der Waals surface area contributed by atoms with Gasteiger partial charge in [-0.2, -0.15) is 0 Å². The summed E-state index contributed by atoms with van der Waals surface area (Å²) >= 11 is 5.86. The van der Waals surface area contributed by atoms with Gasteiger partial charge in [-0.25, -0.2) is 4.39 Å². The number of nitrogens with one attached hydrogen (secondary N) is 1. The second kappa shape index (κ2) is 6.18. The average Bonchev–Trinajstić information content (AvgIpc) is 2.40. The molecule has 0 aliphatic heterocycles. The van der Waals surface area contributed by atoms with Crippen molar-refractivity contribution in [3.05, 3.63) is 70.0 Å². The molecule has 2 rings (SSSR count). The summed E-state index contributed by atoms with van der Waals surface area (Å²) in [6.45, 7) is 4.53. The lowest BCUT2D eigenvalue weighted by atomic mass is 10.1. The number of hydrogen-bond donors (Lipinski definition) is 1. The molecule has 0 saturated carbocycles. The van der Waals surface area contributed by atoms with Crippen LogP contribution < -0.4 is 5.32 Å². The number of aryl methyl sites for hydroxylation is 1. The van der Waals surface area contributed by atoms with Crippen LogP contribution in [0.25, 0.3) is 0 Å². The van der Waals surface area contributed by atoms with E-state index in [1.807, 2.05) is 37.3 Å². The maximum Gasteiger partial charge on any atom is 0.127 e. The highest BCUT2D eigenvalue weighted by atomic mass is 35.5. The molecule has 0 bridgehead atoms. The minimum Gasteiger partial charge on any atom is -0.306 e. The van der Waals surface area contributed by atoms with Crippen LogP contribution in [-0.2, 0) is 6.54 Å². The number of benzene rings is 2. The van der Waals surface area contributed by atoms with E-state index in [2.05, 4.69) is 12.2 Å². The Kier molecular flexibility index (Phi) is 4.56. The third-order valence-electron chi connectivity index (χ3n) is 3.17. The SMILES string of the molecule is Cc1ccc(F)c(CN[C@H](C)c2ccc(Cl)cc2)c1. The number of rotatable bonds is 4. The van der Waals surface area contributed by atoms with Gasteiger partial charge in [0.05, 0.1) is 0 Å². The summed E-state index contributed by atoms with van der Waals surface area (Å²) in [6, 6.07) is 13.0. The second-order valence-electron chi connectivity index (χ2n) is 4.75. The van der Waals surface area contributed by atoms with E-state index < -0.39 is 0 Å². The summed E-state index contributed by atoms with van der Waals surface area (Å²) in [5.74, 6) is -0.165. The van der Waals surface area contributed by atoms with Gasteiger partial charge in [-0.3, -0.25) is 0 Å². The van der Waals surface area contributed by atoms with Gasteiger partial charge in [0.2, 0.25) is 0 Å². The molecule has 2 aromatic carbocycles. The van der Waals surface area contributed by atoms with Crippen LogP contribution in [-0.4, -0.2) is 0 Å². The van der Waals surface area contributed by atoms with Crippen LogP contribution in [0.2, 0.25) is 5.02 Å². The van der Waals surface area contributed by atoms with Gasteiger partial charge in [-0.05, 0) is 37.6 Å². The Hall–Kier alpha value is -1.38. The molecule has 1 N–H and O–H groups in total. The molecule has 1 nitrogen and oxygen atoms in total. The molecule has 0 saturated heterocycles. The normalized spacial score (nSPS) is 12.4. The molecule has 0 spiro atoms. The zero-order valence-corrected chi connectivity index (χ0v) is 11.8. The first kappa shape index (κ1) is 14.0. The van der Waals surface area contributed by atoms with E-state index in [-0.39, 0.29) is 11.9 Å². The topological polar surface area (TPSA) is 12.0 Å². The summed E-state index contributed by atoms with van der Waals surface area (Å²) in [4.78, 5) is 0. The molecule has 19 heavy (non-hydrogen) atoms. The maximum absolute atomic E-state index is 13.6. The zero-order valence-electron chi connectivity index (χ0n) is 11.1. The van der Waals surface area contributed by atoms with Crippen LogP contribution in [0.5, 0.6) is 0 Å². The molecule has 0 aliphatic rings. The Balaban J connectivity index is 2.02. The molecule has 0 amide bonds. The highest BCUT2D eigenvalue weighted by molar-refractivity contribution is 6.30. The fraction of sp³-hybridized carbons (Fsp3) is 0.250. The van der Waals surface area contributed by atoms with Gasteiger partial charge in [0, 0.05) is 23.2 Å². The van der Waals surface area contributed by atoms with Gasteiger partial charge in [-0.1, -0.05) is 41.4 Å². The van der Waals surface area contributed by atoms with Crippen molar-refractivity contribution < 1.29 is 4.39 Å². The summed E-state index contributed by atoms with van der Waals surface area (Å²) in [7, 11) is 0. The van der Waals surface area contributed by atoms with E-state index in [9.17, 15) is 4.39 Å². The molecule has 1 atom stereocenters. The third kappa shape index (κ3) is 3.79. The molecule has 0 aliphatic carbocycles. The van der Waals surface area contributed by atoms with Gasteiger partial charge >= 0.3 is 0 Å². The summed E-state index contributed by atoms with van der Waals surface area (Å²) in [5, 5.41) is 4.04. The van der Waals surface area contributed by atoms with Crippen LogP contribution in [0, 0.1) is 12.7 Å². The summed E-state index contributed by atoms with van der Waals surface area (Å²) in [5.41, 5.74) is 2.90. The van der Waals surface area contributed by atoms with Crippen LogP contribution >= 0.6 is 11.6 Å². The molecule has 100 valence electrons. The van der Waals surface area contributed by atoms with Gasteiger partial charge < -0.3 is 5.32 Å². The van der Waals surface area contributed by atoms with Crippen LogP contribution in [0.1, 0.15) is 29.7 Å². The fourth-order valence-electron chi connectivity index (χ4n) is 1.97. The Morgan fingerprint density at radius 3 is 2.53 bits per heavy atom. The van der Waals surface area contributed by atoms with Crippen molar-refractivity contribution in [2.75, 3.05) is 0 Å². The minimum absolute atomic E-state index is 0.150. The number of halogens is 2. The van der Waals surface area contributed by atoms with Crippen molar-refractivity contribution in [3.63, 3.8) is 0 Å². The second-order valence-corrected chi connectivity index (χ2v) is 5.19. The first-order chi connectivity index (χ1) is 9.06. The lowest BCUT2D eigenvalue weighted by Crippen LogP contribution is -2.18. The Bertz CT molecular complexity index is 551. The average molecular weight is 278 g/mol. The third-order valence-corrected chi connectivity index (χ3v) is 3.42.